The van der Waals surface area contributed by atoms with Crippen molar-refractivity contribution < 1.29 is 0 Å². The van der Waals surface area contributed by atoms with Gasteiger partial charge in [-0.15, -0.1) is 23.2 Å². The highest BCUT2D eigenvalue weighted by molar-refractivity contribution is 6.75. The molecule has 58 valence electrons. The van der Waals surface area contributed by atoms with Gasteiger partial charge in [-0.05, 0) is 6.92 Å². The molecule has 0 spiro atoms. The maximum Gasteiger partial charge on any atom is 0.124 e. The molecule has 0 amide bonds. The van der Waals surface area contributed by atoms with E-state index in [0.29, 0.717) is 9.52 Å². The van der Waals surface area contributed by atoms with Crippen molar-refractivity contribution in [2.45, 2.75) is 11.4 Å². The fraction of sp³-hybridized carbons (Fsp3) is 0.250. The second-order valence-electron chi connectivity index (χ2n) is 2.31. The van der Waals surface area contributed by atoms with E-state index in [0.717, 1.165) is 0 Å². The molecule has 0 aliphatic carbocycles. The Balaban J connectivity index is 2.66. The Morgan fingerprint density at radius 2 is 1.73 bits per heavy atom. The van der Waals surface area contributed by atoms with E-state index in [1.807, 2.05) is 0 Å². The average Bonchev–Trinajstić information content (AvgIpc) is 1.93. The van der Waals surface area contributed by atoms with E-state index in [1.54, 1.807) is 0 Å². The van der Waals surface area contributed by atoms with E-state index < -0.39 is 0 Å². The highest BCUT2D eigenvalue weighted by Gasteiger charge is 2.01. The number of aryl methyl sites for hydroxylation is 1. The van der Waals surface area contributed by atoms with Crippen molar-refractivity contribution in [2.75, 3.05) is 0 Å². The number of halogens is 2. The van der Waals surface area contributed by atoms with Gasteiger partial charge in [-0.2, -0.15) is 0 Å². The largest absolute Gasteiger partial charge is 0.124 e. The van der Waals surface area contributed by atoms with Crippen molar-refractivity contribution >= 4 is 37.9 Å². The lowest BCUT2D eigenvalue weighted by Gasteiger charge is -1.99. The molecule has 1 aromatic rings. The molecule has 0 saturated heterocycles. The molecule has 0 atom stereocenters. The molecule has 0 unspecified atom stereocenters. The third-order valence-electron chi connectivity index (χ3n) is 1.33. The first-order valence-corrected chi connectivity index (χ1v) is 5.25. The molecule has 2 radical (unpaired) electrons. The van der Waals surface area contributed by atoms with Gasteiger partial charge in [-0.1, -0.05) is 35.0 Å². The van der Waals surface area contributed by atoms with Crippen molar-refractivity contribution in [1.82, 2.24) is 0 Å². The van der Waals surface area contributed by atoms with Crippen molar-refractivity contribution in [1.29, 1.82) is 0 Å². The van der Waals surface area contributed by atoms with E-state index in [9.17, 15) is 0 Å². The van der Waals surface area contributed by atoms with Crippen molar-refractivity contribution in [2.24, 2.45) is 0 Å². The zero-order valence-electron chi connectivity index (χ0n) is 6.14. The van der Waals surface area contributed by atoms with Crippen molar-refractivity contribution in [3.63, 3.8) is 0 Å². The summed E-state index contributed by atoms with van der Waals surface area (Å²) in [7, 11) is 0.488. The Labute approximate surface area is 79.3 Å². The quantitative estimate of drug-likeness (QED) is 0.510. The minimum atomic E-state index is -0.266. The standard InChI is InChI=1S/C8H8Cl2Si/c1-6-2-4-7(5-3-6)11-8(9)10/h2-5,8H,1H3. The number of rotatable bonds is 2. The molecule has 0 saturated carbocycles. The lowest BCUT2D eigenvalue weighted by Crippen LogP contribution is -2.19. The summed E-state index contributed by atoms with van der Waals surface area (Å²) in [6, 6.07) is 8.26. The van der Waals surface area contributed by atoms with Crippen molar-refractivity contribution in [3.05, 3.63) is 29.8 Å². The maximum absolute atomic E-state index is 5.63. The summed E-state index contributed by atoms with van der Waals surface area (Å²) in [5.74, 6) is 0. The molecule has 0 aromatic heterocycles. The van der Waals surface area contributed by atoms with Crippen LogP contribution in [-0.2, 0) is 0 Å². The molecular formula is C8H8Cl2Si. The Morgan fingerprint density at radius 1 is 1.18 bits per heavy atom. The molecule has 0 N–H and O–H groups in total. The number of benzene rings is 1. The molecule has 1 rings (SSSR count). The summed E-state index contributed by atoms with van der Waals surface area (Å²) in [5.41, 5.74) is 1.26. The molecule has 0 nitrogen and oxygen atoms in total. The first-order chi connectivity index (χ1) is 5.18. The second kappa shape index (κ2) is 4.15. The van der Waals surface area contributed by atoms with Crippen LogP contribution in [0.1, 0.15) is 5.56 Å². The van der Waals surface area contributed by atoms with Crippen LogP contribution in [0.25, 0.3) is 0 Å². The summed E-state index contributed by atoms with van der Waals surface area (Å²) in [5, 5.41) is 1.21. The first-order valence-electron chi connectivity index (χ1n) is 3.30. The lowest BCUT2D eigenvalue weighted by molar-refractivity contribution is 1.49. The van der Waals surface area contributed by atoms with Crippen LogP contribution >= 0.6 is 23.2 Å². The zero-order chi connectivity index (χ0) is 8.27. The van der Waals surface area contributed by atoms with Crippen molar-refractivity contribution in [3.8, 4) is 0 Å². The van der Waals surface area contributed by atoms with Gasteiger partial charge >= 0.3 is 0 Å². The van der Waals surface area contributed by atoms with Crippen LogP contribution in [0.15, 0.2) is 24.3 Å². The molecule has 0 aliphatic rings. The summed E-state index contributed by atoms with van der Waals surface area (Å²) < 4.78 is -0.266. The number of hydrogen-bond acceptors (Lipinski definition) is 0. The normalized spacial score (nSPS) is 10.5. The highest BCUT2D eigenvalue weighted by Crippen LogP contribution is 1.99. The summed E-state index contributed by atoms with van der Waals surface area (Å²) in [4.78, 5) is 0. The summed E-state index contributed by atoms with van der Waals surface area (Å²) in [6.45, 7) is 2.06. The number of alkyl halides is 2. The summed E-state index contributed by atoms with van der Waals surface area (Å²) in [6.07, 6.45) is 0. The highest BCUT2D eigenvalue weighted by atomic mass is 35.5. The van der Waals surface area contributed by atoms with E-state index in [1.165, 1.54) is 10.8 Å². The van der Waals surface area contributed by atoms with Crippen LogP contribution in [0.5, 0.6) is 0 Å². The van der Waals surface area contributed by atoms with Crippen LogP contribution in [0.4, 0.5) is 0 Å². The van der Waals surface area contributed by atoms with E-state index in [2.05, 4.69) is 31.2 Å². The monoisotopic (exact) mass is 202 g/mol. The molecule has 0 bridgehead atoms. The Bertz CT molecular complexity index is 218. The summed E-state index contributed by atoms with van der Waals surface area (Å²) >= 11 is 11.3. The average molecular weight is 203 g/mol. The van der Waals surface area contributed by atoms with Gasteiger partial charge in [0.05, 0.1) is 4.46 Å². The van der Waals surface area contributed by atoms with Crippen LogP contribution in [-0.4, -0.2) is 14.0 Å². The molecule has 0 aliphatic heterocycles. The topological polar surface area (TPSA) is 0 Å². The van der Waals surface area contributed by atoms with Gasteiger partial charge in [0, 0.05) is 0 Å². The third-order valence-corrected chi connectivity index (χ3v) is 2.87. The predicted octanol–water partition coefficient (Wildman–Crippen LogP) is 2.09. The van der Waals surface area contributed by atoms with E-state index >= 15 is 0 Å². The van der Waals surface area contributed by atoms with Gasteiger partial charge in [-0.3, -0.25) is 0 Å². The Hall–Kier alpha value is 0.0169. The van der Waals surface area contributed by atoms with Gasteiger partial charge < -0.3 is 0 Å². The van der Waals surface area contributed by atoms with Gasteiger partial charge in [-0.25, -0.2) is 0 Å². The Kier molecular flexibility index (Phi) is 3.43. The second-order valence-corrected chi connectivity index (χ2v) is 5.58. The van der Waals surface area contributed by atoms with Gasteiger partial charge in [0.1, 0.15) is 9.52 Å². The molecule has 3 heteroatoms. The third kappa shape index (κ3) is 3.28. The zero-order valence-corrected chi connectivity index (χ0v) is 8.65. The van der Waals surface area contributed by atoms with Gasteiger partial charge in [0.15, 0.2) is 0 Å². The Morgan fingerprint density at radius 3 is 2.18 bits per heavy atom. The molecule has 1 aromatic carbocycles. The maximum atomic E-state index is 5.63. The van der Waals surface area contributed by atoms with E-state index in [4.69, 9.17) is 23.2 Å². The molecular weight excluding hydrogens is 195 g/mol. The fourth-order valence-electron chi connectivity index (χ4n) is 0.776. The van der Waals surface area contributed by atoms with Crippen LogP contribution in [0.3, 0.4) is 0 Å². The molecule has 0 heterocycles. The van der Waals surface area contributed by atoms with Gasteiger partial charge in [0.2, 0.25) is 0 Å². The molecule has 0 fully saturated rings. The minimum absolute atomic E-state index is 0.266. The molecule has 11 heavy (non-hydrogen) atoms. The van der Waals surface area contributed by atoms with E-state index in [-0.39, 0.29) is 4.46 Å². The lowest BCUT2D eigenvalue weighted by atomic mass is 10.2. The SMILES string of the molecule is Cc1ccc([Si]C(Cl)Cl)cc1. The van der Waals surface area contributed by atoms with Crippen LogP contribution in [0, 0.1) is 6.92 Å². The van der Waals surface area contributed by atoms with Gasteiger partial charge in [0.25, 0.3) is 0 Å². The first kappa shape index (κ1) is 9.11. The predicted molar refractivity (Wildman–Crippen MR) is 52.1 cm³/mol. The fourth-order valence-corrected chi connectivity index (χ4v) is 2.14. The minimum Gasteiger partial charge on any atom is -0.110 e. The van der Waals surface area contributed by atoms with Crippen LogP contribution in [0.2, 0.25) is 0 Å². The number of hydrogen-bond donors (Lipinski definition) is 0. The van der Waals surface area contributed by atoms with Crippen LogP contribution < -0.4 is 5.19 Å². The smallest absolute Gasteiger partial charge is 0.110 e.